The van der Waals surface area contributed by atoms with Gasteiger partial charge >= 0.3 is 0 Å². The van der Waals surface area contributed by atoms with Crippen molar-refractivity contribution in [3.63, 3.8) is 0 Å². The summed E-state index contributed by atoms with van der Waals surface area (Å²) in [5.74, 6) is 1.92. The fraction of sp³-hybridized carbons (Fsp3) is 0.526. The van der Waals surface area contributed by atoms with E-state index in [1.165, 1.54) is 12.0 Å². The Morgan fingerprint density at radius 3 is 2.77 bits per heavy atom. The van der Waals surface area contributed by atoms with Gasteiger partial charge in [0.1, 0.15) is 0 Å². The van der Waals surface area contributed by atoms with Gasteiger partial charge in [-0.15, -0.1) is 0 Å². The molecule has 1 aromatic rings. The van der Waals surface area contributed by atoms with E-state index in [2.05, 4.69) is 41.7 Å². The first-order chi connectivity index (χ1) is 10.8. The highest BCUT2D eigenvalue weighted by molar-refractivity contribution is 5.87. The van der Waals surface area contributed by atoms with E-state index in [0.717, 1.165) is 39.0 Å². The van der Waals surface area contributed by atoms with Crippen molar-refractivity contribution in [3.8, 4) is 0 Å². The number of allylic oxidation sites excluding steroid dienone is 1. The molecular formula is C19H25NO2. The molecule has 0 aromatic heterocycles. The average molecular weight is 299 g/mol. The first kappa shape index (κ1) is 15.3. The van der Waals surface area contributed by atoms with Crippen molar-refractivity contribution in [1.82, 2.24) is 5.32 Å². The normalized spacial score (nSPS) is 25.3. The van der Waals surface area contributed by atoms with E-state index in [9.17, 15) is 4.79 Å². The van der Waals surface area contributed by atoms with Gasteiger partial charge < -0.3 is 10.1 Å². The quantitative estimate of drug-likeness (QED) is 0.820. The largest absolute Gasteiger partial charge is 0.381 e. The predicted octanol–water partition coefficient (Wildman–Crippen LogP) is 2.96. The summed E-state index contributed by atoms with van der Waals surface area (Å²) in [5, 5.41) is 3.02. The monoisotopic (exact) mass is 299 g/mol. The molecule has 22 heavy (non-hydrogen) atoms. The fourth-order valence-corrected chi connectivity index (χ4v) is 3.12. The molecule has 1 amide bonds. The minimum absolute atomic E-state index is 0.0526. The lowest BCUT2D eigenvalue weighted by atomic mass is 10.0. The molecule has 2 unspecified atom stereocenters. The molecule has 3 rings (SSSR count). The van der Waals surface area contributed by atoms with Crippen LogP contribution in [0.4, 0.5) is 0 Å². The Bertz CT molecular complexity index is 505. The lowest BCUT2D eigenvalue weighted by Crippen LogP contribution is -2.31. The van der Waals surface area contributed by atoms with Crippen molar-refractivity contribution in [2.45, 2.75) is 25.7 Å². The van der Waals surface area contributed by atoms with Crippen molar-refractivity contribution in [1.29, 1.82) is 0 Å². The molecule has 0 radical (unpaired) electrons. The maximum absolute atomic E-state index is 11.9. The van der Waals surface area contributed by atoms with Crippen LogP contribution in [0.3, 0.4) is 0 Å². The topological polar surface area (TPSA) is 38.3 Å². The van der Waals surface area contributed by atoms with Gasteiger partial charge in [-0.25, -0.2) is 0 Å². The smallest absolute Gasteiger partial charge is 0.243 e. The van der Waals surface area contributed by atoms with Crippen LogP contribution in [0.1, 0.15) is 24.8 Å². The van der Waals surface area contributed by atoms with Gasteiger partial charge in [0.25, 0.3) is 0 Å². The molecule has 1 aliphatic carbocycles. The summed E-state index contributed by atoms with van der Waals surface area (Å²) >= 11 is 0. The predicted molar refractivity (Wildman–Crippen MR) is 87.4 cm³/mol. The third-order valence-corrected chi connectivity index (χ3v) is 4.72. The average Bonchev–Trinajstić information content (AvgIpc) is 3.31. The summed E-state index contributed by atoms with van der Waals surface area (Å²) in [5.41, 5.74) is 1.40. The molecule has 0 bridgehead atoms. The van der Waals surface area contributed by atoms with E-state index in [1.807, 2.05) is 0 Å². The van der Waals surface area contributed by atoms with Gasteiger partial charge in [0, 0.05) is 19.8 Å². The molecule has 2 atom stereocenters. The molecule has 3 nitrogen and oxygen atoms in total. The zero-order valence-corrected chi connectivity index (χ0v) is 13.0. The molecule has 1 saturated carbocycles. The lowest BCUT2D eigenvalue weighted by molar-refractivity contribution is -0.116. The number of carbonyl (C=O) groups excluding carboxylic acids is 1. The summed E-state index contributed by atoms with van der Waals surface area (Å²) in [6.45, 7) is 2.45. The van der Waals surface area contributed by atoms with Crippen LogP contribution >= 0.6 is 0 Å². The Kier molecular flexibility index (Phi) is 5.28. The molecule has 0 spiro atoms. The van der Waals surface area contributed by atoms with Crippen LogP contribution in [0.15, 0.2) is 42.5 Å². The van der Waals surface area contributed by atoms with Crippen molar-refractivity contribution >= 4 is 5.91 Å². The van der Waals surface area contributed by atoms with Crippen LogP contribution in [0.25, 0.3) is 0 Å². The SMILES string of the molecule is O=C(/C=C/C1CC1Cc1ccccc1)NCC1CCOCC1. The highest BCUT2D eigenvalue weighted by Gasteiger charge is 2.34. The molecule has 1 N–H and O–H groups in total. The summed E-state index contributed by atoms with van der Waals surface area (Å²) in [7, 11) is 0. The minimum atomic E-state index is 0.0526. The lowest BCUT2D eigenvalue weighted by Gasteiger charge is -2.21. The zero-order chi connectivity index (χ0) is 15.2. The Balaban J connectivity index is 1.34. The van der Waals surface area contributed by atoms with Gasteiger partial charge in [0.2, 0.25) is 5.91 Å². The van der Waals surface area contributed by atoms with Crippen LogP contribution in [-0.4, -0.2) is 25.7 Å². The van der Waals surface area contributed by atoms with E-state index in [1.54, 1.807) is 6.08 Å². The van der Waals surface area contributed by atoms with Crippen molar-refractivity contribution < 1.29 is 9.53 Å². The summed E-state index contributed by atoms with van der Waals surface area (Å²) in [6.07, 6.45) is 8.28. The minimum Gasteiger partial charge on any atom is -0.381 e. The third kappa shape index (κ3) is 4.70. The molecule has 1 aromatic carbocycles. The van der Waals surface area contributed by atoms with Crippen molar-refractivity contribution in [2.75, 3.05) is 19.8 Å². The van der Waals surface area contributed by atoms with Crippen LogP contribution in [0, 0.1) is 17.8 Å². The summed E-state index contributed by atoms with van der Waals surface area (Å²) < 4.78 is 5.33. The molecule has 1 saturated heterocycles. The van der Waals surface area contributed by atoms with Gasteiger partial charge in [-0.3, -0.25) is 4.79 Å². The van der Waals surface area contributed by atoms with Crippen LogP contribution in [0.5, 0.6) is 0 Å². The van der Waals surface area contributed by atoms with E-state index in [-0.39, 0.29) is 5.91 Å². The van der Waals surface area contributed by atoms with Crippen molar-refractivity contribution in [3.05, 3.63) is 48.0 Å². The van der Waals surface area contributed by atoms with Gasteiger partial charge in [0.15, 0.2) is 0 Å². The number of rotatable bonds is 6. The number of hydrogen-bond acceptors (Lipinski definition) is 2. The van der Waals surface area contributed by atoms with Gasteiger partial charge in [-0.1, -0.05) is 36.4 Å². The van der Waals surface area contributed by atoms with Gasteiger partial charge in [0.05, 0.1) is 0 Å². The first-order valence-electron chi connectivity index (χ1n) is 8.39. The van der Waals surface area contributed by atoms with Crippen LogP contribution < -0.4 is 5.32 Å². The number of amides is 1. The maximum Gasteiger partial charge on any atom is 0.243 e. The second-order valence-corrected chi connectivity index (χ2v) is 6.51. The highest BCUT2D eigenvalue weighted by atomic mass is 16.5. The highest BCUT2D eigenvalue weighted by Crippen LogP contribution is 2.42. The van der Waals surface area contributed by atoms with Crippen LogP contribution in [-0.2, 0) is 16.0 Å². The second kappa shape index (κ2) is 7.59. The van der Waals surface area contributed by atoms with Crippen LogP contribution in [0.2, 0.25) is 0 Å². The van der Waals surface area contributed by atoms with Gasteiger partial charge in [-0.05, 0) is 55.1 Å². The molecule has 1 aliphatic heterocycles. The molecule has 1 heterocycles. The maximum atomic E-state index is 11.9. The molecule has 118 valence electrons. The van der Waals surface area contributed by atoms with E-state index < -0.39 is 0 Å². The summed E-state index contributed by atoms with van der Waals surface area (Å²) in [6, 6.07) is 10.6. The zero-order valence-electron chi connectivity index (χ0n) is 13.0. The Labute approximate surface area is 132 Å². The van der Waals surface area contributed by atoms with E-state index in [0.29, 0.717) is 17.8 Å². The molecule has 3 heteroatoms. The number of nitrogens with one attached hydrogen (secondary N) is 1. The third-order valence-electron chi connectivity index (χ3n) is 4.72. The number of hydrogen-bond donors (Lipinski definition) is 1. The number of ether oxygens (including phenoxy) is 1. The van der Waals surface area contributed by atoms with E-state index >= 15 is 0 Å². The second-order valence-electron chi connectivity index (χ2n) is 6.51. The Morgan fingerprint density at radius 1 is 1.23 bits per heavy atom. The Hall–Kier alpha value is -1.61. The molecular weight excluding hydrogens is 274 g/mol. The standard InChI is InChI=1S/C19H25NO2/c21-19(20-14-16-8-10-22-11-9-16)7-6-17-13-18(17)12-15-4-2-1-3-5-15/h1-7,16-18H,8-14H2,(H,20,21)/b7-6+. The Morgan fingerprint density at radius 2 is 2.00 bits per heavy atom. The number of benzene rings is 1. The summed E-state index contributed by atoms with van der Waals surface area (Å²) in [4.78, 5) is 11.9. The number of carbonyl (C=O) groups is 1. The molecule has 2 fully saturated rings. The van der Waals surface area contributed by atoms with E-state index in [4.69, 9.17) is 4.74 Å². The fourth-order valence-electron chi connectivity index (χ4n) is 3.12. The van der Waals surface area contributed by atoms with Crippen molar-refractivity contribution in [2.24, 2.45) is 17.8 Å². The first-order valence-corrected chi connectivity index (χ1v) is 8.39. The van der Waals surface area contributed by atoms with Gasteiger partial charge in [-0.2, -0.15) is 0 Å². The molecule has 2 aliphatic rings.